The van der Waals surface area contributed by atoms with E-state index in [9.17, 15) is 9.59 Å². The maximum Gasteiger partial charge on any atom is 0.277 e. The molecule has 1 aliphatic heterocycles. The molecule has 4 rings (SSSR count). The van der Waals surface area contributed by atoms with Crippen LogP contribution >= 0.6 is 11.6 Å². The van der Waals surface area contributed by atoms with Gasteiger partial charge in [0.2, 0.25) is 0 Å². The molecule has 4 nitrogen and oxygen atoms in total. The van der Waals surface area contributed by atoms with Crippen LogP contribution in [0, 0.1) is 0 Å². The number of carbonyl (C=O) groups excluding carboxylic acids is 2. The fourth-order valence-electron chi connectivity index (χ4n) is 3.81. The Kier molecular flexibility index (Phi) is 6.19. The number of imide groups is 1. The second-order valence-electron chi connectivity index (χ2n) is 7.57. The summed E-state index contributed by atoms with van der Waals surface area (Å²) in [6.07, 6.45) is 0.576. The highest BCUT2D eigenvalue weighted by atomic mass is 35.5. The molecule has 5 heteroatoms. The zero-order valence-electron chi connectivity index (χ0n) is 17.3. The Hall–Kier alpha value is -3.37. The van der Waals surface area contributed by atoms with Crippen molar-refractivity contribution in [1.82, 2.24) is 9.80 Å². The maximum absolute atomic E-state index is 13.4. The van der Waals surface area contributed by atoms with Crippen LogP contribution in [-0.2, 0) is 22.6 Å². The van der Waals surface area contributed by atoms with E-state index in [2.05, 4.69) is 0 Å². The lowest BCUT2D eigenvalue weighted by molar-refractivity contribution is -0.137. The molecule has 0 atom stereocenters. The topological polar surface area (TPSA) is 40.6 Å². The molecule has 0 spiro atoms. The van der Waals surface area contributed by atoms with E-state index in [0.29, 0.717) is 35.8 Å². The average molecular weight is 431 g/mol. The summed E-state index contributed by atoms with van der Waals surface area (Å²) in [4.78, 5) is 30.0. The van der Waals surface area contributed by atoms with Crippen LogP contribution < -0.4 is 0 Å². The van der Waals surface area contributed by atoms with Gasteiger partial charge in [0, 0.05) is 25.2 Å². The first-order valence-corrected chi connectivity index (χ1v) is 10.6. The smallest absolute Gasteiger partial charge is 0.277 e. The Bertz CT molecular complexity index is 1110. The molecule has 1 aliphatic rings. The van der Waals surface area contributed by atoms with Gasteiger partial charge in [-0.2, -0.15) is 0 Å². The van der Waals surface area contributed by atoms with Crippen LogP contribution in [0.2, 0.25) is 5.02 Å². The first kappa shape index (κ1) is 20.9. The van der Waals surface area contributed by atoms with Crippen molar-refractivity contribution < 1.29 is 9.59 Å². The van der Waals surface area contributed by atoms with Gasteiger partial charge in [0.05, 0.1) is 5.57 Å². The van der Waals surface area contributed by atoms with Gasteiger partial charge in [-0.3, -0.25) is 14.5 Å². The van der Waals surface area contributed by atoms with Crippen molar-refractivity contribution in [2.45, 2.75) is 13.0 Å². The molecule has 1 heterocycles. The van der Waals surface area contributed by atoms with E-state index >= 15 is 0 Å². The fraction of sp³-hybridized carbons (Fsp3) is 0.154. The highest BCUT2D eigenvalue weighted by Gasteiger charge is 2.40. The molecule has 0 radical (unpaired) electrons. The Morgan fingerprint density at radius 1 is 0.774 bits per heavy atom. The molecule has 3 aromatic carbocycles. The summed E-state index contributed by atoms with van der Waals surface area (Å²) in [7, 11) is 1.86. The third kappa shape index (κ3) is 4.54. The molecule has 2 amide bonds. The summed E-state index contributed by atoms with van der Waals surface area (Å²) in [6, 6.07) is 26.8. The van der Waals surface area contributed by atoms with Crippen LogP contribution in [-0.4, -0.2) is 35.2 Å². The maximum atomic E-state index is 13.4. The molecule has 0 aliphatic carbocycles. The van der Waals surface area contributed by atoms with E-state index in [1.807, 2.05) is 96.9 Å². The predicted octanol–water partition coefficient (Wildman–Crippen LogP) is 4.79. The number of nitrogens with zero attached hydrogens (tertiary/aromatic N) is 2. The Morgan fingerprint density at radius 2 is 1.39 bits per heavy atom. The minimum absolute atomic E-state index is 0.250. The van der Waals surface area contributed by atoms with Crippen molar-refractivity contribution in [3.05, 3.63) is 112 Å². The lowest BCUT2D eigenvalue weighted by atomic mass is 10.0. The molecular weight excluding hydrogens is 408 g/mol. The molecule has 0 unspecified atom stereocenters. The number of likely N-dealkylation sites (N-methyl/N-ethyl adjacent to an activating group) is 1. The van der Waals surface area contributed by atoms with Gasteiger partial charge >= 0.3 is 0 Å². The number of amides is 2. The van der Waals surface area contributed by atoms with Crippen molar-refractivity contribution in [2.75, 3.05) is 13.6 Å². The number of hydrogen-bond donors (Lipinski definition) is 0. The fourth-order valence-corrected chi connectivity index (χ4v) is 3.94. The van der Waals surface area contributed by atoms with Crippen molar-refractivity contribution in [3.63, 3.8) is 0 Å². The number of benzene rings is 3. The van der Waals surface area contributed by atoms with Gasteiger partial charge in [-0.05, 0) is 35.2 Å². The minimum atomic E-state index is -0.253. The zero-order chi connectivity index (χ0) is 21.8. The number of rotatable bonds is 7. The Morgan fingerprint density at radius 3 is 2.03 bits per heavy atom. The number of halogens is 1. The van der Waals surface area contributed by atoms with Crippen LogP contribution in [0.25, 0.3) is 5.57 Å². The standard InChI is InChI=1S/C26H23ClN2O2/c1-28(18-20-8-4-2-5-9-20)24-23(21-10-6-3-7-11-21)25(30)29(26(24)31)17-16-19-12-14-22(27)15-13-19/h2-15H,16-18H2,1H3. The highest BCUT2D eigenvalue weighted by molar-refractivity contribution is 6.35. The monoisotopic (exact) mass is 430 g/mol. The zero-order valence-corrected chi connectivity index (χ0v) is 18.0. The lowest BCUT2D eigenvalue weighted by Crippen LogP contribution is -2.35. The molecule has 0 fully saturated rings. The SMILES string of the molecule is CN(Cc1ccccc1)C1=C(c2ccccc2)C(=O)N(CCc2ccc(Cl)cc2)C1=O. The van der Waals surface area contributed by atoms with E-state index in [0.717, 1.165) is 16.7 Å². The van der Waals surface area contributed by atoms with Gasteiger partial charge in [-0.1, -0.05) is 84.4 Å². The van der Waals surface area contributed by atoms with Crippen LogP contribution in [0.1, 0.15) is 16.7 Å². The molecule has 0 N–H and O–H groups in total. The molecular formula is C26H23ClN2O2. The second-order valence-corrected chi connectivity index (χ2v) is 8.01. The summed E-state index contributed by atoms with van der Waals surface area (Å²) in [5.41, 5.74) is 3.75. The first-order chi connectivity index (χ1) is 15.0. The van der Waals surface area contributed by atoms with E-state index in [4.69, 9.17) is 11.6 Å². The van der Waals surface area contributed by atoms with Crippen LogP contribution in [0.4, 0.5) is 0 Å². The summed E-state index contributed by atoms with van der Waals surface area (Å²) < 4.78 is 0. The van der Waals surface area contributed by atoms with Gasteiger partial charge in [0.1, 0.15) is 5.70 Å². The van der Waals surface area contributed by atoms with Crippen molar-refractivity contribution >= 4 is 29.0 Å². The molecule has 0 saturated heterocycles. The molecule has 0 aromatic heterocycles. The quantitative estimate of drug-likeness (QED) is 0.506. The van der Waals surface area contributed by atoms with Crippen molar-refractivity contribution in [2.24, 2.45) is 0 Å². The number of hydrogen-bond acceptors (Lipinski definition) is 3. The molecule has 0 saturated carbocycles. The minimum Gasteiger partial charge on any atom is -0.365 e. The Labute approximate surface area is 187 Å². The van der Waals surface area contributed by atoms with E-state index in [1.165, 1.54) is 4.90 Å². The third-order valence-corrected chi connectivity index (χ3v) is 5.64. The van der Waals surface area contributed by atoms with Crippen LogP contribution in [0.5, 0.6) is 0 Å². The predicted molar refractivity (Wildman–Crippen MR) is 123 cm³/mol. The van der Waals surface area contributed by atoms with E-state index in [1.54, 1.807) is 0 Å². The second kappa shape index (κ2) is 9.19. The Balaban J connectivity index is 1.63. The van der Waals surface area contributed by atoms with Gasteiger partial charge < -0.3 is 4.90 Å². The largest absolute Gasteiger partial charge is 0.365 e. The van der Waals surface area contributed by atoms with Gasteiger partial charge in [-0.25, -0.2) is 0 Å². The summed E-state index contributed by atoms with van der Waals surface area (Å²) >= 11 is 5.96. The summed E-state index contributed by atoms with van der Waals surface area (Å²) in [5.74, 6) is -0.503. The van der Waals surface area contributed by atoms with Crippen molar-refractivity contribution in [1.29, 1.82) is 0 Å². The third-order valence-electron chi connectivity index (χ3n) is 5.39. The molecule has 3 aromatic rings. The normalized spacial score (nSPS) is 13.8. The molecule has 156 valence electrons. The first-order valence-electron chi connectivity index (χ1n) is 10.2. The lowest BCUT2D eigenvalue weighted by Gasteiger charge is -2.21. The molecule has 31 heavy (non-hydrogen) atoms. The van der Waals surface area contributed by atoms with Crippen LogP contribution in [0.15, 0.2) is 90.6 Å². The summed E-state index contributed by atoms with van der Waals surface area (Å²) in [6.45, 7) is 0.856. The number of carbonyl (C=O) groups is 2. The van der Waals surface area contributed by atoms with Gasteiger partial charge in [0.25, 0.3) is 11.8 Å². The van der Waals surface area contributed by atoms with E-state index in [-0.39, 0.29) is 11.8 Å². The highest BCUT2D eigenvalue weighted by Crippen LogP contribution is 2.32. The van der Waals surface area contributed by atoms with E-state index < -0.39 is 0 Å². The van der Waals surface area contributed by atoms with Gasteiger partial charge in [-0.15, -0.1) is 0 Å². The summed E-state index contributed by atoms with van der Waals surface area (Å²) in [5, 5.41) is 0.662. The average Bonchev–Trinajstić information content (AvgIpc) is 3.04. The van der Waals surface area contributed by atoms with Crippen LogP contribution in [0.3, 0.4) is 0 Å². The molecule has 0 bridgehead atoms. The van der Waals surface area contributed by atoms with Gasteiger partial charge in [0.15, 0.2) is 0 Å². The van der Waals surface area contributed by atoms with Crippen molar-refractivity contribution in [3.8, 4) is 0 Å².